The molecule has 1 spiro atoms. The van der Waals surface area contributed by atoms with Crippen molar-refractivity contribution in [2.75, 3.05) is 4.90 Å². The second-order valence-corrected chi connectivity index (χ2v) is 14.9. The summed E-state index contributed by atoms with van der Waals surface area (Å²) in [5, 5.41) is 4.86. The van der Waals surface area contributed by atoms with Crippen molar-refractivity contribution in [1.82, 2.24) is 9.13 Å². The van der Waals surface area contributed by atoms with Crippen LogP contribution in [0.4, 0.5) is 17.1 Å². The Hall–Kier alpha value is -7.50. The number of benzene rings is 7. The number of rotatable bonds is 3. The summed E-state index contributed by atoms with van der Waals surface area (Å²) in [6.07, 6.45) is 3.62. The van der Waals surface area contributed by atoms with Crippen molar-refractivity contribution in [2.24, 2.45) is 0 Å². The standard InChI is InChI=1S/C51H31N3O2/c1-3-13-32(14-4-1)52-43-20-10-7-17-35(43)37-24-23-34(29-46(37)52)54-45-22-12-9-19-39(45)51(40-25-27-55-49(40)50-41(51)26-28-56-50)42-30-38-36-18-8-11-21-44(36)53(47(38)31-48(42)54)33-15-5-2-6-16-33/h1-31H. The molecule has 5 heteroatoms. The average Bonchev–Trinajstić information content (AvgIpc) is 4.08. The average molecular weight is 718 g/mol. The third-order valence-corrected chi connectivity index (χ3v) is 12.3. The minimum atomic E-state index is -0.666. The molecule has 2 aliphatic rings. The summed E-state index contributed by atoms with van der Waals surface area (Å²) >= 11 is 0. The number of furan rings is 2. The molecule has 0 fully saturated rings. The van der Waals surface area contributed by atoms with E-state index in [0.717, 1.165) is 62.1 Å². The van der Waals surface area contributed by atoms with Crippen molar-refractivity contribution < 1.29 is 8.83 Å². The summed E-state index contributed by atoms with van der Waals surface area (Å²) in [7, 11) is 0. The van der Waals surface area contributed by atoms with Gasteiger partial charge in [-0.05, 0) is 90.0 Å². The number of hydrogen-bond acceptors (Lipinski definition) is 3. The summed E-state index contributed by atoms with van der Waals surface area (Å²) in [6, 6.07) is 63.9. The Balaban J connectivity index is 1.19. The van der Waals surface area contributed by atoms with E-state index in [1.54, 1.807) is 0 Å². The molecule has 0 amide bonds. The quantitative estimate of drug-likeness (QED) is 0.183. The van der Waals surface area contributed by atoms with E-state index in [1.807, 2.05) is 12.5 Å². The molecule has 262 valence electrons. The van der Waals surface area contributed by atoms with Crippen LogP contribution in [0.2, 0.25) is 0 Å². The summed E-state index contributed by atoms with van der Waals surface area (Å²) in [6.45, 7) is 0. The van der Waals surface area contributed by atoms with E-state index < -0.39 is 5.41 Å². The predicted octanol–water partition coefficient (Wildman–Crippen LogP) is 13.2. The van der Waals surface area contributed by atoms with Crippen LogP contribution in [-0.4, -0.2) is 9.13 Å². The monoisotopic (exact) mass is 717 g/mol. The van der Waals surface area contributed by atoms with Crippen LogP contribution < -0.4 is 4.90 Å². The number of aromatic nitrogens is 2. The second-order valence-electron chi connectivity index (χ2n) is 14.9. The maximum absolute atomic E-state index is 6.27. The summed E-state index contributed by atoms with van der Waals surface area (Å²) in [5.74, 6) is 1.58. The van der Waals surface area contributed by atoms with E-state index in [0.29, 0.717) is 0 Å². The van der Waals surface area contributed by atoms with Crippen LogP contribution in [0, 0.1) is 0 Å². The highest BCUT2D eigenvalue weighted by atomic mass is 16.4. The highest BCUT2D eigenvalue weighted by Crippen LogP contribution is 2.64. The lowest BCUT2D eigenvalue weighted by Crippen LogP contribution is -2.35. The van der Waals surface area contributed by atoms with Crippen molar-refractivity contribution in [3.05, 3.63) is 211 Å². The molecular formula is C51H31N3O2. The fraction of sp³-hybridized carbons (Fsp3) is 0.0196. The number of nitrogens with zero attached hydrogens (tertiary/aromatic N) is 3. The van der Waals surface area contributed by atoms with Gasteiger partial charge in [0.1, 0.15) is 0 Å². The number of anilines is 3. The van der Waals surface area contributed by atoms with E-state index in [9.17, 15) is 0 Å². The molecule has 5 heterocycles. The fourth-order valence-electron chi connectivity index (χ4n) is 10.1. The van der Waals surface area contributed by atoms with Crippen molar-refractivity contribution >= 4 is 60.7 Å². The van der Waals surface area contributed by atoms with Gasteiger partial charge in [0, 0.05) is 49.7 Å². The molecule has 0 unspecified atom stereocenters. The van der Waals surface area contributed by atoms with Crippen LogP contribution in [0.15, 0.2) is 197 Å². The number of hydrogen-bond donors (Lipinski definition) is 0. The topological polar surface area (TPSA) is 39.4 Å². The summed E-state index contributed by atoms with van der Waals surface area (Å²) in [4.78, 5) is 2.48. The molecule has 5 nitrogen and oxygen atoms in total. The Morgan fingerprint density at radius 2 is 0.875 bits per heavy atom. The highest BCUT2D eigenvalue weighted by Gasteiger charge is 2.55. The Labute approximate surface area is 321 Å². The smallest absolute Gasteiger partial charge is 0.174 e. The molecule has 1 aliphatic carbocycles. The van der Waals surface area contributed by atoms with Crippen LogP contribution in [0.25, 0.3) is 66.5 Å². The molecule has 11 aromatic rings. The second kappa shape index (κ2) is 10.8. The number of fused-ring (bicyclic) bond motifs is 15. The van der Waals surface area contributed by atoms with Gasteiger partial charge in [-0.3, -0.25) is 0 Å². The van der Waals surface area contributed by atoms with Gasteiger partial charge in [-0.15, -0.1) is 0 Å². The van der Waals surface area contributed by atoms with Gasteiger partial charge in [-0.2, -0.15) is 0 Å². The zero-order chi connectivity index (χ0) is 36.5. The lowest BCUT2D eigenvalue weighted by atomic mass is 9.65. The highest BCUT2D eigenvalue weighted by molar-refractivity contribution is 6.13. The first-order valence-electron chi connectivity index (χ1n) is 19.1. The van der Waals surface area contributed by atoms with Gasteiger partial charge in [0.25, 0.3) is 0 Å². The Morgan fingerprint density at radius 1 is 0.339 bits per heavy atom. The SMILES string of the molecule is c1ccc(-n2c3ccccc3c3ccc(N4c5ccccc5C5(c6cc7c8ccccc8n(-c8ccccc8)c7cc64)c4ccoc4-c4occc45)cc32)cc1. The molecule has 4 aromatic heterocycles. The Kier molecular flexibility index (Phi) is 5.77. The molecule has 0 radical (unpaired) electrons. The van der Waals surface area contributed by atoms with Gasteiger partial charge in [0.2, 0.25) is 0 Å². The van der Waals surface area contributed by atoms with Crippen molar-refractivity contribution in [1.29, 1.82) is 0 Å². The first kappa shape index (κ1) is 29.9. The van der Waals surface area contributed by atoms with E-state index >= 15 is 0 Å². The molecule has 56 heavy (non-hydrogen) atoms. The van der Waals surface area contributed by atoms with Crippen LogP contribution >= 0.6 is 0 Å². The Bertz CT molecular complexity index is 3340. The van der Waals surface area contributed by atoms with Gasteiger partial charge >= 0.3 is 0 Å². The first-order chi connectivity index (χ1) is 27.8. The third-order valence-electron chi connectivity index (χ3n) is 12.3. The van der Waals surface area contributed by atoms with E-state index in [-0.39, 0.29) is 0 Å². The molecular weight excluding hydrogens is 687 g/mol. The normalized spacial score (nSPS) is 13.8. The molecule has 0 saturated carbocycles. The Morgan fingerprint density at radius 3 is 1.54 bits per heavy atom. The maximum Gasteiger partial charge on any atom is 0.174 e. The zero-order valence-corrected chi connectivity index (χ0v) is 30.1. The van der Waals surface area contributed by atoms with Gasteiger partial charge in [-0.25, -0.2) is 0 Å². The van der Waals surface area contributed by atoms with Crippen LogP contribution in [0.3, 0.4) is 0 Å². The van der Waals surface area contributed by atoms with Gasteiger partial charge < -0.3 is 22.9 Å². The lowest BCUT2D eigenvalue weighted by molar-refractivity contribution is 0.525. The minimum absolute atomic E-state index is 0.666. The van der Waals surface area contributed by atoms with Crippen LogP contribution in [0.5, 0.6) is 0 Å². The van der Waals surface area contributed by atoms with Gasteiger partial charge in [-0.1, -0.05) is 97.1 Å². The predicted molar refractivity (Wildman–Crippen MR) is 225 cm³/mol. The van der Waals surface area contributed by atoms with E-state index in [4.69, 9.17) is 8.83 Å². The van der Waals surface area contributed by atoms with Crippen LogP contribution in [-0.2, 0) is 5.41 Å². The van der Waals surface area contributed by atoms with E-state index in [1.165, 1.54) is 43.7 Å². The van der Waals surface area contributed by atoms with Gasteiger partial charge in [0.15, 0.2) is 11.5 Å². The molecule has 0 atom stereocenters. The maximum atomic E-state index is 6.27. The molecule has 0 bridgehead atoms. The lowest BCUT2D eigenvalue weighted by Gasteiger charge is -2.44. The van der Waals surface area contributed by atoms with Crippen molar-refractivity contribution in [2.45, 2.75) is 5.41 Å². The molecule has 13 rings (SSSR count). The first-order valence-corrected chi connectivity index (χ1v) is 19.1. The van der Waals surface area contributed by atoms with Crippen LogP contribution in [0.1, 0.15) is 22.3 Å². The fourth-order valence-corrected chi connectivity index (χ4v) is 10.1. The molecule has 1 aliphatic heterocycles. The van der Waals surface area contributed by atoms with Crippen molar-refractivity contribution in [3.8, 4) is 22.9 Å². The number of para-hydroxylation sites is 5. The summed E-state index contributed by atoms with van der Waals surface area (Å²) in [5.41, 5.74) is 14.1. The zero-order valence-electron chi connectivity index (χ0n) is 30.1. The van der Waals surface area contributed by atoms with Gasteiger partial charge in [0.05, 0.1) is 51.4 Å². The largest absolute Gasteiger partial charge is 0.461 e. The molecule has 7 aromatic carbocycles. The van der Waals surface area contributed by atoms with E-state index in [2.05, 4.69) is 190 Å². The molecule has 0 N–H and O–H groups in total. The minimum Gasteiger partial charge on any atom is -0.461 e. The third kappa shape index (κ3) is 3.65. The summed E-state index contributed by atoms with van der Waals surface area (Å²) < 4.78 is 17.3. The van der Waals surface area contributed by atoms with Crippen molar-refractivity contribution in [3.63, 3.8) is 0 Å². The molecule has 0 saturated heterocycles.